The number of likely N-dealkylation sites (N-methyl/N-ethyl adjacent to an activating group) is 1. The summed E-state index contributed by atoms with van der Waals surface area (Å²) < 4.78 is 11.7. The number of ether oxygens (including phenoxy) is 2. The van der Waals surface area contributed by atoms with Gasteiger partial charge in [0.2, 0.25) is 5.91 Å². The van der Waals surface area contributed by atoms with Crippen LogP contribution in [-0.2, 0) is 4.79 Å². The highest BCUT2D eigenvalue weighted by molar-refractivity contribution is 7.99. The summed E-state index contributed by atoms with van der Waals surface area (Å²) in [5.41, 5.74) is 0. The summed E-state index contributed by atoms with van der Waals surface area (Å²) >= 11 is 1.71. The first-order valence-corrected chi connectivity index (χ1v) is 9.59. The summed E-state index contributed by atoms with van der Waals surface area (Å²) in [6.07, 6.45) is 0.401. The molecule has 0 spiro atoms. The largest absolute Gasteiger partial charge is 0.486 e. The first-order chi connectivity index (χ1) is 12.3. The summed E-state index contributed by atoms with van der Waals surface area (Å²) in [5, 5.41) is 0. The molecule has 0 saturated carbocycles. The first kappa shape index (κ1) is 17.7. The first-order valence-electron chi connectivity index (χ1n) is 8.60. The Bertz CT molecular complexity index is 692. The van der Waals surface area contributed by atoms with Gasteiger partial charge in [0.15, 0.2) is 17.6 Å². The van der Waals surface area contributed by atoms with E-state index in [1.54, 1.807) is 11.8 Å². The summed E-state index contributed by atoms with van der Waals surface area (Å²) in [6.45, 7) is 3.70. The molecule has 2 aromatic carbocycles. The molecular weight excluding hydrogens is 334 g/mol. The molecule has 0 aliphatic carbocycles. The van der Waals surface area contributed by atoms with Gasteiger partial charge in [0, 0.05) is 23.6 Å². The SMILES string of the molecule is CCN(CC1COc2ccccc2O1)C(=O)CCSc1ccccc1. The minimum Gasteiger partial charge on any atom is -0.486 e. The Balaban J connectivity index is 1.48. The maximum Gasteiger partial charge on any atom is 0.223 e. The fourth-order valence-corrected chi connectivity index (χ4v) is 3.60. The van der Waals surface area contributed by atoms with Crippen molar-refractivity contribution < 1.29 is 14.3 Å². The van der Waals surface area contributed by atoms with Gasteiger partial charge >= 0.3 is 0 Å². The molecule has 1 unspecified atom stereocenters. The van der Waals surface area contributed by atoms with Gasteiger partial charge < -0.3 is 14.4 Å². The van der Waals surface area contributed by atoms with Gasteiger partial charge in [0.25, 0.3) is 0 Å². The molecule has 0 N–H and O–H groups in total. The minimum atomic E-state index is -0.124. The second-order valence-electron chi connectivity index (χ2n) is 5.84. The Morgan fingerprint density at radius 1 is 1.12 bits per heavy atom. The van der Waals surface area contributed by atoms with Crippen molar-refractivity contribution in [3.63, 3.8) is 0 Å². The van der Waals surface area contributed by atoms with E-state index >= 15 is 0 Å². The van der Waals surface area contributed by atoms with Crippen molar-refractivity contribution in [2.24, 2.45) is 0 Å². The van der Waals surface area contributed by atoms with E-state index in [-0.39, 0.29) is 12.0 Å². The van der Waals surface area contributed by atoms with E-state index in [0.717, 1.165) is 17.3 Å². The van der Waals surface area contributed by atoms with Crippen molar-refractivity contribution in [1.82, 2.24) is 4.90 Å². The number of thioether (sulfide) groups is 1. The van der Waals surface area contributed by atoms with Crippen molar-refractivity contribution >= 4 is 17.7 Å². The molecule has 2 aromatic rings. The van der Waals surface area contributed by atoms with Gasteiger partial charge in [-0.05, 0) is 31.2 Å². The highest BCUT2D eigenvalue weighted by Crippen LogP contribution is 2.31. The molecule has 5 heteroatoms. The maximum absolute atomic E-state index is 12.5. The van der Waals surface area contributed by atoms with Crippen LogP contribution in [0, 0.1) is 0 Å². The Morgan fingerprint density at radius 2 is 1.84 bits per heavy atom. The van der Waals surface area contributed by atoms with Gasteiger partial charge in [0.05, 0.1) is 6.54 Å². The lowest BCUT2D eigenvalue weighted by molar-refractivity contribution is -0.132. The second-order valence-corrected chi connectivity index (χ2v) is 7.01. The molecule has 1 amide bonds. The summed E-state index contributed by atoms with van der Waals surface area (Å²) in [7, 11) is 0. The smallest absolute Gasteiger partial charge is 0.223 e. The average Bonchev–Trinajstić information content (AvgIpc) is 2.66. The molecule has 1 aliphatic heterocycles. The number of fused-ring (bicyclic) bond motifs is 1. The van der Waals surface area contributed by atoms with Crippen LogP contribution < -0.4 is 9.47 Å². The highest BCUT2D eigenvalue weighted by atomic mass is 32.2. The van der Waals surface area contributed by atoms with Crippen LogP contribution >= 0.6 is 11.8 Å². The number of carbonyl (C=O) groups is 1. The van der Waals surface area contributed by atoms with Crippen LogP contribution in [0.3, 0.4) is 0 Å². The molecule has 25 heavy (non-hydrogen) atoms. The quantitative estimate of drug-likeness (QED) is 0.706. The van der Waals surface area contributed by atoms with Gasteiger partial charge in [0.1, 0.15) is 6.61 Å². The Morgan fingerprint density at radius 3 is 2.60 bits per heavy atom. The number of rotatable bonds is 7. The fraction of sp³-hybridized carbons (Fsp3) is 0.350. The van der Waals surface area contributed by atoms with Gasteiger partial charge in [-0.3, -0.25) is 4.79 Å². The minimum absolute atomic E-state index is 0.124. The number of para-hydroxylation sites is 2. The van der Waals surface area contributed by atoms with Gasteiger partial charge in [-0.25, -0.2) is 0 Å². The van der Waals surface area contributed by atoms with Crippen LogP contribution in [-0.4, -0.2) is 42.4 Å². The molecule has 0 bridgehead atoms. The normalized spacial score (nSPS) is 15.6. The zero-order valence-electron chi connectivity index (χ0n) is 14.4. The standard InChI is InChI=1S/C20H23NO3S/c1-2-21(20(22)12-13-25-17-8-4-3-5-9-17)14-16-15-23-18-10-6-7-11-19(18)24-16/h3-11,16H,2,12-15H2,1H3. The summed E-state index contributed by atoms with van der Waals surface area (Å²) in [5.74, 6) is 2.46. The highest BCUT2D eigenvalue weighted by Gasteiger charge is 2.24. The predicted molar refractivity (Wildman–Crippen MR) is 100 cm³/mol. The van der Waals surface area contributed by atoms with Gasteiger partial charge in [-0.2, -0.15) is 0 Å². The van der Waals surface area contributed by atoms with E-state index in [9.17, 15) is 4.79 Å². The number of hydrogen-bond donors (Lipinski definition) is 0. The number of hydrogen-bond acceptors (Lipinski definition) is 4. The number of amides is 1. The molecule has 3 rings (SSSR count). The lowest BCUT2D eigenvalue weighted by Crippen LogP contribution is -2.43. The number of carbonyl (C=O) groups excluding carboxylic acids is 1. The van der Waals surface area contributed by atoms with Crippen LogP contribution in [0.5, 0.6) is 11.5 Å². The van der Waals surface area contributed by atoms with Gasteiger partial charge in [-0.15, -0.1) is 11.8 Å². The molecule has 0 saturated heterocycles. The third-order valence-electron chi connectivity index (χ3n) is 4.05. The molecule has 1 heterocycles. The third-order valence-corrected chi connectivity index (χ3v) is 5.07. The third kappa shape index (κ3) is 4.92. The zero-order chi connectivity index (χ0) is 17.5. The molecule has 132 valence electrons. The summed E-state index contributed by atoms with van der Waals surface area (Å²) in [6, 6.07) is 17.8. The zero-order valence-corrected chi connectivity index (χ0v) is 15.2. The topological polar surface area (TPSA) is 38.8 Å². The van der Waals surface area contributed by atoms with Crippen LogP contribution in [0.2, 0.25) is 0 Å². The molecule has 1 atom stereocenters. The van der Waals surface area contributed by atoms with E-state index in [0.29, 0.717) is 26.1 Å². The lowest BCUT2D eigenvalue weighted by atomic mass is 10.2. The van der Waals surface area contributed by atoms with Crippen molar-refractivity contribution in [2.75, 3.05) is 25.4 Å². The Kier molecular flexibility index (Phi) is 6.23. The Labute approximate surface area is 153 Å². The van der Waals surface area contributed by atoms with E-state index in [2.05, 4.69) is 12.1 Å². The molecule has 0 fully saturated rings. The number of benzene rings is 2. The van der Waals surface area contributed by atoms with E-state index in [1.165, 1.54) is 4.90 Å². The molecule has 0 radical (unpaired) electrons. The van der Waals surface area contributed by atoms with E-state index in [4.69, 9.17) is 9.47 Å². The van der Waals surface area contributed by atoms with Crippen LogP contribution in [0.4, 0.5) is 0 Å². The second kappa shape index (κ2) is 8.81. The van der Waals surface area contributed by atoms with Crippen molar-refractivity contribution in [3.05, 3.63) is 54.6 Å². The lowest BCUT2D eigenvalue weighted by Gasteiger charge is -2.31. The van der Waals surface area contributed by atoms with Crippen molar-refractivity contribution in [3.8, 4) is 11.5 Å². The fourth-order valence-electron chi connectivity index (χ4n) is 2.74. The monoisotopic (exact) mass is 357 g/mol. The molecular formula is C20H23NO3S. The Hall–Kier alpha value is -2.14. The van der Waals surface area contributed by atoms with E-state index < -0.39 is 0 Å². The maximum atomic E-state index is 12.5. The summed E-state index contributed by atoms with van der Waals surface area (Å²) in [4.78, 5) is 15.5. The average molecular weight is 357 g/mol. The number of nitrogens with zero attached hydrogens (tertiary/aromatic N) is 1. The predicted octanol–water partition coefficient (Wildman–Crippen LogP) is 3.86. The molecule has 4 nitrogen and oxygen atoms in total. The van der Waals surface area contributed by atoms with Gasteiger partial charge in [-0.1, -0.05) is 30.3 Å². The molecule has 0 aromatic heterocycles. The van der Waals surface area contributed by atoms with Crippen molar-refractivity contribution in [2.45, 2.75) is 24.3 Å². The van der Waals surface area contributed by atoms with Crippen LogP contribution in [0.25, 0.3) is 0 Å². The van der Waals surface area contributed by atoms with Crippen molar-refractivity contribution in [1.29, 1.82) is 0 Å². The van der Waals surface area contributed by atoms with Crippen LogP contribution in [0.15, 0.2) is 59.5 Å². The van der Waals surface area contributed by atoms with E-state index in [1.807, 2.05) is 54.3 Å². The molecule has 1 aliphatic rings. The van der Waals surface area contributed by atoms with Crippen LogP contribution in [0.1, 0.15) is 13.3 Å².